The summed E-state index contributed by atoms with van der Waals surface area (Å²) in [6.07, 6.45) is -2.74. The van der Waals surface area contributed by atoms with Crippen LogP contribution in [0.3, 0.4) is 0 Å². The van der Waals surface area contributed by atoms with E-state index in [1.54, 1.807) is 13.0 Å². The minimum absolute atomic E-state index is 0.0441. The SMILES string of the molecule is CCONCC(=O)N1CCCCC1C(=O)Nc1ccc(-c2ccccc2OC(F)(F)F)c(Cl)c1. The van der Waals surface area contributed by atoms with E-state index in [0.29, 0.717) is 30.8 Å². The number of amides is 2. The number of rotatable bonds is 8. The lowest BCUT2D eigenvalue weighted by Crippen LogP contribution is -2.52. The van der Waals surface area contributed by atoms with Crippen LogP contribution in [-0.2, 0) is 14.4 Å². The van der Waals surface area contributed by atoms with Crippen LogP contribution in [0.2, 0.25) is 5.02 Å². The zero-order valence-corrected chi connectivity index (χ0v) is 19.2. The molecule has 0 saturated carbocycles. The average molecular weight is 500 g/mol. The van der Waals surface area contributed by atoms with Crippen molar-refractivity contribution >= 4 is 29.1 Å². The van der Waals surface area contributed by atoms with Crippen molar-refractivity contribution in [1.82, 2.24) is 10.4 Å². The first-order valence-corrected chi connectivity index (χ1v) is 11.2. The number of nitrogens with zero attached hydrogens (tertiary/aromatic N) is 1. The van der Waals surface area contributed by atoms with Crippen LogP contribution in [0.4, 0.5) is 18.9 Å². The van der Waals surface area contributed by atoms with Gasteiger partial charge in [0.1, 0.15) is 18.3 Å². The Morgan fingerprint density at radius 1 is 1.15 bits per heavy atom. The molecule has 0 aliphatic carbocycles. The lowest BCUT2D eigenvalue weighted by Gasteiger charge is -2.34. The van der Waals surface area contributed by atoms with Gasteiger partial charge in [-0.05, 0) is 44.4 Å². The molecule has 2 aromatic carbocycles. The molecule has 2 aromatic rings. The Balaban J connectivity index is 1.74. The fourth-order valence-corrected chi connectivity index (χ4v) is 4.04. The fourth-order valence-electron chi connectivity index (χ4n) is 3.76. The van der Waals surface area contributed by atoms with Gasteiger partial charge in [0, 0.05) is 23.4 Å². The second kappa shape index (κ2) is 11.5. The second-order valence-electron chi connectivity index (χ2n) is 7.58. The summed E-state index contributed by atoms with van der Waals surface area (Å²) < 4.78 is 42.4. The van der Waals surface area contributed by atoms with Gasteiger partial charge >= 0.3 is 6.36 Å². The van der Waals surface area contributed by atoms with Crippen LogP contribution < -0.4 is 15.5 Å². The first kappa shape index (κ1) is 25.8. The lowest BCUT2D eigenvalue weighted by atomic mass is 10.0. The molecule has 11 heteroatoms. The number of hydrogen-bond acceptors (Lipinski definition) is 5. The smallest absolute Gasteiger partial charge is 0.405 e. The maximum Gasteiger partial charge on any atom is 0.573 e. The van der Waals surface area contributed by atoms with Crippen molar-refractivity contribution in [2.75, 3.05) is 25.0 Å². The van der Waals surface area contributed by atoms with E-state index in [4.69, 9.17) is 16.4 Å². The largest absolute Gasteiger partial charge is 0.573 e. The van der Waals surface area contributed by atoms with E-state index in [1.807, 2.05) is 0 Å². The number of alkyl halides is 3. The maximum absolute atomic E-state index is 12.9. The van der Waals surface area contributed by atoms with Crippen LogP contribution >= 0.6 is 11.6 Å². The molecule has 1 fully saturated rings. The number of carbonyl (C=O) groups is 2. The van der Waals surface area contributed by atoms with Crippen LogP contribution in [0.25, 0.3) is 11.1 Å². The van der Waals surface area contributed by atoms with Gasteiger partial charge in [0.15, 0.2) is 0 Å². The zero-order valence-electron chi connectivity index (χ0n) is 18.5. The van der Waals surface area contributed by atoms with Crippen molar-refractivity contribution in [3.63, 3.8) is 0 Å². The van der Waals surface area contributed by atoms with E-state index < -0.39 is 12.4 Å². The molecular weight excluding hydrogens is 475 g/mol. The topological polar surface area (TPSA) is 79.9 Å². The molecule has 0 spiro atoms. The molecule has 1 unspecified atom stereocenters. The van der Waals surface area contributed by atoms with Crippen molar-refractivity contribution in [1.29, 1.82) is 0 Å². The summed E-state index contributed by atoms with van der Waals surface area (Å²) in [5, 5.41) is 2.89. The number of hydroxylamine groups is 1. The monoisotopic (exact) mass is 499 g/mol. The van der Waals surface area contributed by atoms with Gasteiger partial charge in [0.25, 0.3) is 0 Å². The van der Waals surface area contributed by atoms with Gasteiger partial charge < -0.3 is 19.8 Å². The Morgan fingerprint density at radius 2 is 1.91 bits per heavy atom. The standard InChI is InChI=1S/C23H25ClF3N3O4/c1-2-33-28-14-21(31)30-12-6-5-8-19(30)22(32)29-15-10-11-16(18(24)13-15)17-7-3-4-9-20(17)34-23(25,26)27/h3-4,7,9-11,13,19,28H,2,5-6,8,12,14H2,1H3,(H,29,32). The van der Waals surface area contributed by atoms with Crippen LogP contribution in [0.5, 0.6) is 5.75 Å². The second-order valence-corrected chi connectivity index (χ2v) is 7.99. The van der Waals surface area contributed by atoms with E-state index in [0.717, 1.165) is 12.8 Å². The molecule has 7 nitrogen and oxygen atoms in total. The number of nitrogens with one attached hydrogen (secondary N) is 2. The molecule has 34 heavy (non-hydrogen) atoms. The Hall–Kier alpha value is -2.82. The lowest BCUT2D eigenvalue weighted by molar-refractivity contribution is -0.274. The predicted octanol–water partition coefficient (Wildman–Crippen LogP) is 4.77. The summed E-state index contributed by atoms with van der Waals surface area (Å²) in [5.41, 5.74) is 3.40. The summed E-state index contributed by atoms with van der Waals surface area (Å²) in [6, 6.07) is 9.50. The minimum atomic E-state index is -4.85. The van der Waals surface area contributed by atoms with Gasteiger partial charge in [-0.1, -0.05) is 35.9 Å². The summed E-state index contributed by atoms with van der Waals surface area (Å²) in [4.78, 5) is 32.0. The molecule has 0 radical (unpaired) electrons. The highest BCUT2D eigenvalue weighted by molar-refractivity contribution is 6.33. The van der Waals surface area contributed by atoms with E-state index in [-0.39, 0.29) is 34.7 Å². The highest BCUT2D eigenvalue weighted by atomic mass is 35.5. The fraction of sp³-hybridized carbons (Fsp3) is 0.391. The molecular formula is C23H25ClF3N3O4. The first-order chi connectivity index (χ1) is 16.2. The summed E-state index contributed by atoms with van der Waals surface area (Å²) in [7, 11) is 0. The number of ether oxygens (including phenoxy) is 1. The molecule has 1 aliphatic rings. The third-order valence-electron chi connectivity index (χ3n) is 5.24. The number of benzene rings is 2. The molecule has 1 heterocycles. The van der Waals surface area contributed by atoms with Crippen LogP contribution in [0.1, 0.15) is 26.2 Å². The molecule has 2 amide bonds. The Labute approximate surface area is 200 Å². The minimum Gasteiger partial charge on any atom is -0.405 e. The number of carbonyl (C=O) groups excluding carboxylic acids is 2. The van der Waals surface area contributed by atoms with Crippen molar-refractivity contribution < 1.29 is 32.3 Å². The Morgan fingerprint density at radius 3 is 2.62 bits per heavy atom. The van der Waals surface area contributed by atoms with Crippen LogP contribution in [-0.4, -0.2) is 48.8 Å². The normalized spacial score (nSPS) is 16.3. The zero-order chi connectivity index (χ0) is 24.7. The van der Waals surface area contributed by atoms with Crippen molar-refractivity contribution in [2.24, 2.45) is 0 Å². The highest BCUT2D eigenvalue weighted by Crippen LogP contribution is 2.38. The van der Waals surface area contributed by atoms with E-state index in [9.17, 15) is 22.8 Å². The number of likely N-dealkylation sites (tertiary alicyclic amines) is 1. The number of hydrogen-bond donors (Lipinski definition) is 2. The highest BCUT2D eigenvalue weighted by Gasteiger charge is 2.33. The third kappa shape index (κ3) is 6.85. The van der Waals surface area contributed by atoms with Crippen LogP contribution in [0, 0.1) is 0 Å². The van der Waals surface area contributed by atoms with E-state index >= 15 is 0 Å². The number of piperidine rings is 1. The molecule has 3 rings (SSSR count). The number of anilines is 1. The Kier molecular flexibility index (Phi) is 8.76. The van der Waals surface area contributed by atoms with Gasteiger partial charge in [0.05, 0.1) is 11.6 Å². The van der Waals surface area contributed by atoms with Crippen molar-refractivity contribution in [2.45, 2.75) is 38.6 Å². The maximum atomic E-state index is 12.9. The van der Waals surface area contributed by atoms with Gasteiger partial charge in [-0.3, -0.25) is 9.59 Å². The Bertz CT molecular complexity index is 1020. The van der Waals surface area contributed by atoms with Gasteiger partial charge in [-0.15, -0.1) is 13.2 Å². The molecule has 0 bridgehead atoms. The van der Waals surface area contributed by atoms with E-state index in [1.165, 1.54) is 41.3 Å². The van der Waals surface area contributed by atoms with Crippen molar-refractivity contribution in [3.8, 4) is 16.9 Å². The molecule has 184 valence electrons. The molecule has 0 aromatic heterocycles. The molecule has 2 N–H and O–H groups in total. The number of para-hydroxylation sites is 1. The quantitative estimate of drug-likeness (QED) is 0.404. The average Bonchev–Trinajstić information content (AvgIpc) is 2.79. The van der Waals surface area contributed by atoms with Gasteiger partial charge in [0.2, 0.25) is 11.8 Å². The van der Waals surface area contributed by atoms with Crippen molar-refractivity contribution in [3.05, 3.63) is 47.5 Å². The predicted molar refractivity (Wildman–Crippen MR) is 121 cm³/mol. The molecule has 1 aliphatic heterocycles. The van der Waals surface area contributed by atoms with E-state index in [2.05, 4.69) is 15.5 Å². The summed E-state index contributed by atoms with van der Waals surface area (Å²) in [6.45, 7) is 2.60. The van der Waals surface area contributed by atoms with Gasteiger partial charge in [-0.25, -0.2) is 0 Å². The van der Waals surface area contributed by atoms with Crippen LogP contribution in [0.15, 0.2) is 42.5 Å². The molecule has 1 atom stereocenters. The van der Waals surface area contributed by atoms with Gasteiger partial charge in [-0.2, -0.15) is 5.48 Å². The summed E-state index contributed by atoms with van der Waals surface area (Å²) in [5.74, 6) is -0.997. The molecule has 1 saturated heterocycles. The number of halogens is 4. The first-order valence-electron chi connectivity index (χ1n) is 10.8. The third-order valence-corrected chi connectivity index (χ3v) is 5.55. The summed E-state index contributed by atoms with van der Waals surface area (Å²) >= 11 is 6.35.